The summed E-state index contributed by atoms with van der Waals surface area (Å²) in [5, 5.41) is 6.38. The number of pyridine rings is 1. The summed E-state index contributed by atoms with van der Waals surface area (Å²) in [7, 11) is 0. The Balaban J connectivity index is 1.37. The molecule has 0 unspecified atom stereocenters. The molecule has 2 heterocycles. The third kappa shape index (κ3) is 6.67. The Hall–Kier alpha value is -3.71. The molecule has 1 aromatic heterocycles. The Morgan fingerprint density at radius 3 is 2.29 bits per heavy atom. The summed E-state index contributed by atoms with van der Waals surface area (Å²) in [5.74, 6) is 0.485. The van der Waals surface area contributed by atoms with Crippen LogP contribution in [0.1, 0.15) is 29.7 Å². The van der Waals surface area contributed by atoms with Gasteiger partial charge in [0.2, 0.25) is 11.8 Å². The lowest BCUT2D eigenvalue weighted by Crippen LogP contribution is -2.48. The van der Waals surface area contributed by atoms with E-state index in [9.17, 15) is 9.59 Å². The van der Waals surface area contributed by atoms with Gasteiger partial charge in [0.15, 0.2) is 0 Å². The van der Waals surface area contributed by atoms with Crippen LogP contribution in [0.4, 0.5) is 11.5 Å². The van der Waals surface area contributed by atoms with E-state index in [0.717, 1.165) is 30.8 Å². The molecule has 0 saturated carbocycles. The molecule has 0 spiro atoms. The Bertz CT molecular complexity index is 1110. The van der Waals surface area contributed by atoms with Gasteiger partial charge in [-0.3, -0.25) is 9.59 Å². The van der Waals surface area contributed by atoms with Crippen molar-refractivity contribution >= 4 is 23.3 Å². The standard InChI is InChI=1S/C28H33N5O2/c1-21-8-10-23(11-9-21)14-15-29-27(24-6-4-3-5-7-24)28(35)31-26-13-12-25(20-30-26)33-18-16-32(17-19-33)22(2)34/h3-13,20,27,29H,14-19H2,1-2H3,(H,30,31,35)/t27-/m1/s1. The van der Waals surface area contributed by atoms with E-state index in [0.29, 0.717) is 25.5 Å². The number of benzene rings is 2. The highest BCUT2D eigenvalue weighted by molar-refractivity contribution is 5.94. The van der Waals surface area contributed by atoms with Gasteiger partial charge >= 0.3 is 0 Å². The molecule has 4 rings (SSSR count). The average Bonchev–Trinajstić information content (AvgIpc) is 2.88. The maximum atomic E-state index is 13.2. The number of nitrogens with zero attached hydrogens (tertiary/aromatic N) is 3. The number of rotatable bonds is 8. The van der Waals surface area contributed by atoms with E-state index in [1.807, 2.05) is 47.4 Å². The highest BCUT2D eigenvalue weighted by Crippen LogP contribution is 2.19. The first-order chi connectivity index (χ1) is 17.0. The second kappa shape index (κ2) is 11.6. The highest BCUT2D eigenvalue weighted by Gasteiger charge is 2.21. The number of hydrogen-bond acceptors (Lipinski definition) is 5. The van der Waals surface area contributed by atoms with Crippen LogP contribution < -0.4 is 15.5 Å². The molecular formula is C28H33N5O2. The molecule has 182 valence electrons. The van der Waals surface area contributed by atoms with E-state index >= 15 is 0 Å². The molecule has 0 aliphatic carbocycles. The zero-order chi connectivity index (χ0) is 24.6. The molecule has 1 atom stereocenters. The third-order valence-corrected chi connectivity index (χ3v) is 6.37. The third-order valence-electron chi connectivity index (χ3n) is 6.37. The lowest BCUT2D eigenvalue weighted by molar-refractivity contribution is -0.129. The topological polar surface area (TPSA) is 77.6 Å². The fraction of sp³-hybridized carbons (Fsp3) is 0.321. The maximum Gasteiger partial charge on any atom is 0.247 e. The fourth-order valence-corrected chi connectivity index (χ4v) is 4.25. The van der Waals surface area contributed by atoms with Gasteiger partial charge in [0.05, 0.1) is 11.9 Å². The van der Waals surface area contributed by atoms with E-state index in [2.05, 4.69) is 51.7 Å². The second-order valence-electron chi connectivity index (χ2n) is 8.92. The average molecular weight is 472 g/mol. The number of anilines is 2. The lowest BCUT2D eigenvalue weighted by Gasteiger charge is -2.35. The number of aryl methyl sites for hydroxylation is 1. The van der Waals surface area contributed by atoms with Gasteiger partial charge in [-0.1, -0.05) is 60.2 Å². The van der Waals surface area contributed by atoms with Crippen LogP contribution in [0.2, 0.25) is 0 Å². The van der Waals surface area contributed by atoms with Gasteiger partial charge in [0, 0.05) is 39.6 Å². The largest absolute Gasteiger partial charge is 0.367 e. The zero-order valence-corrected chi connectivity index (χ0v) is 20.4. The maximum absolute atomic E-state index is 13.2. The Morgan fingerprint density at radius 2 is 1.66 bits per heavy atom. The van der Waals surface area contributed by atoms with Gasteiger partial charge in [-0.05, 0) is 36.6 Å². The highest BCUT2D eigenvalue weighted by atomic mass is 16.2. The zero-order valence-electron chi connectivity index (χ0n) is 20.4. The second-order valence-corrected chi connectivity index (χ2v) is 8.92. The number of piperazine rings is 1. The number of carbonyl (C=O) groups excluding carboxylic acids is 2. The van der Waals surface area contributed by atoms with E-state index in [-0.39, 0.29) is 11.8 Å². The molecule has 1 saturated heterocycles. The summed E-state index contributed by atoms with van der Waals surface area (Å²) in [6.07, 6.45) is 2.61. The summed E-state index contributed by atoms with van der Waals surface area (Å²) >= 11 is 0. The first-order valence-electron chi connectivity index (χ1n) is 12.1. The quantitative estimate of drug-likeness (QED) is 0.525. The van der Waals surface area contributed by atoms with Gasteiger partial charge in [0.25, 0.3) is 0 Å². The summed E-state index contributed by atoms with van der Waals surface area (Å²) in [5.41, 5.74) is 4.37. The van der Waals surface area contributed by atoms with Gasteiger partial charge in [0.1, 0.15) is 11.9 Å². The molecule has 7 heteroatoms. The summed E-state index contributed by atoms with van der Waals surface area (Å²) < 4.78 is 0. The van der Waals surface area contributed by atoms with E-state index in [1.54, 1.807) is 13.1 Å². The Kier molecular flexibility index (Phi) is 8.11. The molecule has 1 aliphatic heterocycles. The van der Waals surface area contributed by atoms with Crippen LogP contribution in [0.25, 0.3) is 0 Å². The minimum Gasteiger partial charge on any atom is -0.367 e. The van der Waals surface area contributed by atoms with Crippen molar-refractivity contribution in [2.75, 3.05) is 42.9 Å². The normalized spacial score (nSPS) is 14.5. The minimum absolute atomic E-state index is 0.112. The number of amides is 2. The molecule has 2 N–H and O–H groups in total. The van der Waals surface area contributed by atoms with Crippen LogP contribution in [0.3, 0.4) is 0 Å². The fourth-order valence-electron chi connectivity index (χ4n) is 4.25. The minimum atomic E-state index is -0.484. The molecule has 0 radical (unpaired) electrons. The number of nitrogens with one attached hydrogen (secondary N) is 2. The summed E-state index contributed by atoms with van der Waals surface area (Å²) in [6, 6.07) is 21.5. The monoisotopic (exact) mass is 471 g/mol. The predicted molar refractivity (Wildman–Crippen MR) is 139 cm³/mol. The van der Waals surface area contributed by atoms with Crippen LogP contribution in [-0.4, -0.2) is 54.4 Å². The van der Waals surface area contributed by atoms with Crippen LogP contribution >= 0.6 is 0 Å². The lowest BCUT2D eigenvalue weighted by atomic mass is 10.1. The van der Waals surface area contributed by atoms with Crippen LogP contribution in [0, 0.1) is 6.92 Å². The SMILES string of the molecule is CC(=O)N1CCN(c2ccc(NC(=O)[C@H](NCCc3ccc(C)cc3)c3ccccc3)nc2)CC1. The van der Waals surface area contributed by atoms with Crippen molar-refractivity contribution in [3.8, 4) is 0 Å². The van der Waals surface area contributed by atoms with Gasteiger partial charge in [-0.15, -0.1) is 0 Å². The number of aromatic nitrogens is 1. The van der Waals surface area contributed by atoms with Crippen molar-refractivity contribution in [3.63, 3.8) is 0 Å². The van der Waals surface area contributed by atoms with Crippen molar-refractivity contribution < 1.29 is 9.59 Å². The first-order valence-corrected chi connectivity index (χ1v) is 12.1. The van der Waals surface area contributed by atoms with Gasteiger partial charge in [-0.25, -0.2) is 4.98 Å². The summed E-state index contributed by atoms with van der Waals surface area (Å²) in [6.45, 7) is 7.32. The molecule has 1 aliphatic rings. The van der Waals surface area contributed by atoms with Gasteiger partial charge < -0.3 is 20.4 Å². The number of hydrogen-bond donors (Lipinski definition) is 2. The van der Waals surface area contributed by atoms with Gasteiger partial charge in [-0.2, -0.15) is 0 Å². The smallest absolute Gasteiger partial charge is 0.247 e. The molecular weight excluding hydrogens is 438 g/mol. The van der Waals surface area contributed by atoms with Crippen molar-refractivity contribution in [1.29, 1.82) is 0 Å². The van der Waals surface area contributed by atoms with E-state index in [1.165, 1.54) is 11.1 Å². The predicted octanol–water partition coefficient (Wildman–Crippen LogP) is 3.57. The van der Waals surface area contributed by atoms with Crippen LogP contribution in [-0.2, 0) is 16.0 Å². The van der Waals surface area contributed by atoms with Crippen LogP contribution in [0.5, 0.6) is 0 Å². The molecule has 1 fully saturated rings. The van der Waals surface area contributed by atoms with Crippen molar-refractivity contribution in [2.45, 2.75) is 26.3 Å². The van der Waals surface area contributed by atoms with Crippen molar-refractivity contribution in [3.05, 3.63) is 89.6 Å². The van der Waals surface area contributed by atoms with E-state index in [4.69, 9.17) is 0 Å². The van der Waals surface area contributed by atoms with Crippen LogP contribution in [0.15, 0.2) is 72.9 Å². The Morgan fingerprint density at radius 1 is 0.943 bits per heavy atom. The summed E-state index contributed by atoms with van der Waals surface area (Å²) in [4.78, 5) is 33.3. The van der Waals surface area contributed by atoms with E-state index < -0.39 is 6.04 Å². The molecule has 7 nitrogen and oxygen atoms in total. The van der Waals surface area contributed by atoms with Crippen molar-refractivity contribution in [1.82, 2.24) is 15.2 Å². The molecule has 2 amide bonds. The molecule has 35 heavy (non-hydrogen) atoms. The van der Waals surface area contributed by atoms with Crippen molar-refractivity contribution in [2.24, 2.45) is 0 Å². The Labute approximate surface area is 207 Å². The number of carbonyl (C=O) groups is 2. The molecule has 2 aromatic carbocycles. The molecule has 0 bridgehead atoms. The molecule has 3 aromatic rings. The first kappa shape index (κ1) is 24.4.